The highest BCUT2D eigenvalue weighted by atomic mass is 32.1. The number of anilines is 1. The molecular weight excluding hydrogens is 386 g/mol. The summed E-state index contributed by atoms with van der Waals surface area (Å²) in [4.78, 5) is 17.8. The minimum absolute atomic E-state index is 0.0545. The Morgan fingerprint density at radius 2 is 1.75 bits per heavy atom. The van der Waals surface area contributed by atoms with Crippen LogP contribution in [-0.4, -0.2) is 24.6 Å². The highest BCUT2D eigenvalue weighted by Crippen LogP contribution is 2.31. The zero-order chi connectivity index (χ0) is 20.1. The molecule has 1 aromatic heterocycles. The van der Waals surface area contributed by atoms with Crippen LogP contribution in [0.5, 0.6) is 11.5 Å². The van der Waals surface area contributed by atoms with Crippen LogP contribution in [0.2, 0.25) is 0 Å². The van der Waals surface area contributed by atoms with Crippen LogP contribution in [0.15, 0.2) is 48.5 Å². The van der Waals surface area contributed by atoms with Crippen LogP contribution in [0.4, 0.5) is 13.9 Å². The topological polar surface area (TPSA) is 60.5 Å². The fourth-order valence-corrected chi connectivity index (χ4v) is 3.46. The van der Waals surface area contributed by atoms with Crippen molar-refractivity contribution in [2.24, 2.45) is 0 Å². The number of hydrogen-bond acceptors (Lipinski definition) is 5. The van der Waals surface area contributed by atoms with E-state index in [9.17, 15) is 13.6 Å². The van der Waals surface area contributed by atoms with E-state index in [0.29, 0.717) is 10.7 Å². The van der Waals surface area contributed by atoms with E-state index in [0.717, 1.165) is 21.9 Å². The molecule has 3 rings (SSSR count). The van der Waals surface area contributed by atoms with Crippen molar-refractivity contribution in [2.75, 3.05) is 12.4 Å². The number of nitrogens with zero attached hydrogens (tertiary/aromatic N) is 1. The molecule has 28 heavy (non-hydrogen) atoms. The lowest BCUT2D eigenvalue weighted by Crippen LogP contribution is -2.14. The van der Waals surface area contributed by atoms with Crippen molar-refractivity contribution in [2.45, 2.75) is 20.0 Å². The van der Waals surface area contributed by atoms with Crippen molar-refractivity contribution in [3.05, 3.63) is 59.0 Å². The Hall–Kier alpha value is -3.00. The molecule has 2 aromatic carbocycles. The minimum Gasteiger partial charge on any atom is -0.497 e. The fraction of sp³-hybridized carbons (Fsp3) is 0.200. The first kappa shape index (κ1) is 19.8. The number of carbonyl (C=O) groups is 1. The molecule has 3 aromatic rings. The minimum atomic E-state index is -2.87. The van der Waals surface area contributed by atoms with Crippen LogP contribution in [0.25, 0.3) is 11.3 Å². The summed E-state index contributed by atoms with van der Waals surface area (Å²) in [5, 5.41) is 3.29. The molecule has 0 aliphatic rings. The number of benzene rings is 2. The molecule has 0 aliphatic heterocycles. The Morgan fingerprint density at radius 1 is 1.11 bits per heavy atom. The van der Waals surface area contributed by atoms with Gasteiger partial charge in [0.25, 0.3) is 0 Å². The first-order chi connectivity index (χ1) is 13.4. The number of ether oxygens (including phenoxy) is 2. The van der Waals surface area contributed by atoms with Gasteiger partial charge < -0.3 is 14.8 Å². The maximum atomic E-state index is 12.3. The van der Waals surface area contributed by atoms with Gasteiger partial charge in [-0.05, 0) is 48.9 Å². The molecule has 0 saturated heterocycles. The van der Waals surface area contributed by atoms with E-state index in [1.807, 2.05) is 31.2 Å². The number of alkyl halides is 2. The molecule has 0 bridgehead atoms. The quantitative estimate of drug-likeness (QED) is 0.608. The smallest absolute Gasteiger partial charge is 0.387 e. The second-order valence-electron chi connectivity index (χ2n) is 5.90. The zero-order valence-corrected chi connectivity index (χ0v) is 16.1. The van der Waals surface area contributed by atoms with Gasteiger partial charge in [-0.15, -0.1) is 11.3 Å². The van der Waals surface area contributed by atoms with Crippen molar-refractivity contribution >= 4 is 22.4 Å². The number of thiazole rings is 1. The third-order valence-corrected chi connectivity index (χ3v) is 4.81. The number of rotatable bonds is 7. The number of aryl methyl sites for hydroxylation is 1. The molecule has 1 amide bonds. The SMILES string of the molecule is COc1ccc(-c2nc(NC(=O)Cc3ccc(OC(F)F)cc3)sc2C)cc1. The highest BCUT2D eigenvalue weighted by molar-refractivity contribution is 7.16. The van der Waals surface area contributed by atoms with Crippen LogP contribution >= 0.6 is 11.3 Å². The summed E-state index contributed by atoms with van der Waals surface area (Å²) in [6.45, 7) is -0.934. The van der Waals surface area contributed by atoms with Crippen molar-refractivity contribution < 1.29 is 23.0 Å². The van der Waals surface area contributed by atoms with Gasteiger partial charge in [0, 0.05) is 10.4 Å². The molecule has 0 spiro atoms. The monoisotopic (exact) mass is 404 g/mol. The Morgan fingerprint density at radius 3 is 2.36 bits per heavy atom. The van der Waals surface area contributed by atoms with Gasteiger partial charge in [0.05, 0.1) is 19.2 Å². The van der Waals surface area contributed by atoms with Crippen LogP contribution in [-0.2, 0) is 11.2 Å². The highest BCUT2D eigenvalue weighted by Gasteiger charge is 2.13. The van der Waals surface area contributed by atoms with Gasteiger partial charge in [-0.1, -0.05) is 12.1 Å². The van der Waals surface area contributed by atoms with Gasteiger partial charge in [0.15, 0.2) is 5.13 Å². The van der Waals surface area contributed by atoms with Crippen LogP contribution in [0.1, 0.15) is 10.4 Å². The summed E-state index contributed by atoms with van der Waals surface area (Å²) in [6, 6.07) is 13.5. The molecule has 0 fully saturated rings. The lowest BCUT2D eigenvalue weighted by molar-refractivity contribution is -0.115. The van der Waals surface area contributed by atoms with Crippen LogP contribution in [0.3, 0.4) is 0 Å². The maximum Gasteiger partial charge on any atom is 0.387 e. The van der Waals surface area contributed by atoms with Crippen molar-refractivity contribution in [3.63, 3.8) is 0 Å². The summed E-state index contributed by atoms with van der Waals surface area (Å²) in [7, 11) is 1.61. The van der Waals surface area contributed by atoms with Gasteiger partial charge in [-0.2, -0.15) is 8.78 Å². The van der Waals surface area contributed by atoms with E-state index >= 15 is 0 Å². The molecule has 0 aliphatic carbocycles. The van der Waals surface area contributed by atoms with Crippen molar-refractivity contribution in [1.82, 2.24) is 4.98 Å². The Kier molecular flexibility index (Phi) is 6.20. The standard InChI is InChI=1S/C20H18F2N2O3S/c1-12-18(14-5-9-15(26-2)10-6-14)24-20(28-12)23-17(25)11-13-3-7-16(8-4-13)27-19(21)22/h3-10,19H,11H2,1-2H3,(H,23,24,25). The summed E-state index contributed by atoms with van der Waals surface area (Å²) < 4.78 is 33.8. The van der Waals surface area contributed by atoms with Gasteiger partial charge in [0.1, 0.15) is 11.5 Å². The molecule has 0 saturated carbocycles. The number of aromatic nitrogens is 1. The molecular formula is C20H18F2N2O3S. The Labute approximate surface area is 164 Å². The molecule has 146 valence electrons. The van der Waals surface area contributed by atoms with E-state index < -0.39 is 6.61 Å². The molecule has 1 heterocycles. The van der Waals surface area contributed by atoms with E-state index in [2.05, 4.69) is 15.0 Å². The first-order valence-corrected chi connectivity index (χ1v) is 9.21. The lowest BCUT2D eigenvalue weighted by Gasteiger charge is -2.06. The number of amides is 1. The van der Waals surface area contributed by atoms with Gasteiger partial charge in [-0.3, -0.25) is 4.79 Å². The average molecular weight is 404 g/mol. The lowest BCUT2D eigenvalue weighted by atomic mass is 10.1. The van der Waals surface area contributed by atoms with Gasteiger partial charge >= 0.3 is 6.61 Å². The molecule has 8 heteroatoms. The largest absolute Gasteiger partial charge is 0.497 e. The third kappa shape index (κ3) is 5.04. The average Bonchev–Trinajstić information content (AvgIpc) is 3.03. The Bertz CT molecular complexity index is 941. The first-order valence-electron chi connectivity index (χ1n) is 8.40. The van der Waals surface area contributed by atoms with E-state index in [1.165, 1.54) is 23.5 Å². The molecule has 5 nitrogen and oxygen atoms in total. The summed E-state index contributed by atoms with van der Waals surface area (Å²) in [5.41, 5.74) is 2.42. The van der Waals surface area contributed by atoms with Gasteiger partial charge in [0.2, 0.25) is 5.91 Å². The molecule has 0 atom stereocenters. The predicted octanol–water partition coefficient (Wildman–Crippen LogP) is 4.91. The predicted molar refractivity (Wildman–Crippen MR) is 104 cm³/mol. The Balaban J connectivity index is 1.64. The zero-order valence-electron chi connectivity index (χ0n) is 15.2. The molecule has 0 unspecified atom stereocenters. The van der Waals surface area contributed by atoms with Crippen molar-refractivity contribution in [3.8, 4) is 22.8 Å². The maximum absolute atomic E-state index is 12.3. The second-order valence-corrected chi connectivity index (χ2v) is 7.10. The molecule has 1 N–H and O–H groups in total. The summed E-state index contributed by atoms with van der Waals surface area (Å²) in [5.74, 6) is 0.575. The third-order valence-electron chi connectivity index (χ3n) is 3.92. The van der Waals surface area contributed by atoms with Crippen LogP contribution < -0.4 is 14.8 Å². The van der Waals surface area contributed by atoms with E-state index in [-0.39, 0.29) is 18.1 Å². The van der Waals surface area contributed by atoms with E-state index in [1.54, 1.807) is 19.2 Å². The number of nitrogens with one attached hydrogen (secondary N) is 1. The fourth-order valence-electron chi connectivity index (χ4n) is 2.60. The summed E-state index contributed by atoms with van der Waals surface area (Å²) >= 11 is 1.39. The number of methoxy groups -OCH3 is 1. The number of halogens is 2. The van der Waals surface area contributed by atoms with E-state index in [4.69, 9.17) is 4.74 Å². The van der Waals surface area contributed by atoms with Crippen molar-refractivity contribution in [1.29, 1.82) is 0 Å². The summed E-state index contributed by atoms with van der Waals surface area (Å²) in [6.07, 6.45) is 0.103. The van der Waals surface area contributed by atoms with Gasteiger partial charge in [-0.25, -0.2) is 4.98 Å². The second kappa shape index (κ2) is 8.79. The van der Waals surface area contributed by atoms with Crippen LogP contribution in [0, 0.1) is 6.92 Å². The molecule has 0 radical (unpaired) electrons. The number of carbonyl (C=O) groups excluding carboxylic acids is 1. The normalized spacial score (nSPS) is 10.8. The number of hydrogen-bond donors (Lipinski definition) is 1.